The van der Waals surface area contributed by atoms with Gasteiger partial charge in [0.25, 0.3) is 0 Å². The number of hydrogen-bond donors (Lipinski definition) is 5. The van der Waals surface area contributed by atoms with Gasteiger partial charge in [-0.15, -0.1) is 0 Å². The van der Waals surface area contributed by atoms with Gasteiger partial charge in [-0.1, -0.05) is 13.8 Å². The Morgan fingerprint density at radius 2 is 1.97 bits per heavy atom. The average Bonchev–Trinajstić information content (AvgIpc) is 3.68. The molecular weight excluding hydrogens is 495 g/mol. The van der Waals surface area contributed by atoms with Crippen LogP contribution in [0.3, 0.4) is 0 Å². The number of amides is 1. The minimum absolute atomic E-state index is 0.00867. The summed E-state index contributed by atoms with van der Waals surface area (Å²) in [5.74, 6) is -9.83. The van der Waals surface area contributed by atoms with Gasteiger partial charge in [-0.05, 0) is 44.7 Å². The summed E-state index contributed by atoms with van der Waals surface area (Å²) in [4.78, 5) is 55.0. The van der Waals surface area contributed by atoms with E-state index >= 15 is 4.39 Å². The number of carbonyl (C=O) groups excluding carboxylic acids is 4. The molecule has 3 fully saturated rings. The number of hydrogen-bond acceptors (Lipinski definition) is 9. The summed E-state index contributed by atoms with van der Waals surface area (Å²) < 4.78 is 15.6. The zero-order chi connectivity index (χ0) is 27.8. The first-order chi connectivity index (χ1) is 17.8. The van der Waals surface area contributed by atoms with Crippen LogP contribution in [0.25, 0.3) is 0 Å². The maximum Gasteiger partial charge on any atom is 0.233 e. The summed E-state index contributed by atoms with van der Waals surface area (Å²) in [6, 6.07) is 0.162. The van der Waals surface area contributed by atoms with E-state index in [1.807, 2.05) is 13.8 Å². The Bertz CT molecular complexity index is 1280. The van der Waals surface area contributed by atoms with Crippen LogP contribution in [0.15, 0.2) is 6.07 Å². The van der Waals surface area contributed by atoms with Crippen molar-refractivity contribution in [3.05, 3.63) is 28.6 Å². The van der Waals surface area contributed by atoms with Crippen LogP contribution in [0.5, 0.6) is 5.75 Å². The smallest absolute Gasteiger partial charge is 0.233 e. The molecule has 1 aromatic rings. The van der Waals surface area contributed by atoms with Crippen LogP contribution in [0.1, 0.15) is 54.6 Å². The maximum absolute atomic E-state index is 15.6. The summed E-state index contributed by atoms with van der Waals surface area (Å²) in [5, 5.41) is 34.2. The third kappa shape index (κ3) is 3.74. The minimum Gasteiger partial charge on any atom is -0.507 e. The van der Waals surface area contributed by atoms with Crippen molar-refractivity contribution in [1.29, 1.82) is 5.41 Å². The third-order valence-corrected chi connectivity index (χ3v) is 8.84. The topological polar surface area (TPSA) is 174 Å². The largest absolute Gasteiger partial charge is 0.507 e. The molecule has 0 spiro atoms. The van der Waals surface area contributed by atoms with E-state index in [1.165, 1.54) is 0 Å². The average molecular weight is 529 g/mol. The number of ketones is 3. The molecule has 0 aromatic heterocycles. The Labute approximate surface area is 219 Å². The van der Waals surface area contributed by atoms with Gasteiger partial charge in [-0.3, -0.25) is 24.1 Å². The van der Waals surface area contributed by atoms with Gasteiger partial charge in [0.05, 0.1) is 23.2 Å². The van der Waals surface area contributed by atoms with Crippen LogP contribution in [0, 0.1) is 34.9 Å². The van der Waals surface area contributed by atoms with Gasteiger partial charge in [-0.25, -0.2) is 4.39 Å². The molecular formula is C27H33FN4O6. The summed E-state index contributed by atoms with van der Waals surface area (Å²) >= 11 is 0. The van der Waals surface area contributed by atoms with Gasteiger partial charge in [-0.2, -0.15) is 0 Å². The number of nitrogens with zero attached hydrogens (tertiary/aromatic N) is 1. The second-order valence-corrected chi connectivity index (χ2v) is 11.5. The van der Waals surface area contributed by atoms with E-state index in [0.717, 1.165) is 18.9 Å². The zero-order valence-corrected chi connectivity index (χ0v) is 21.6. The Morgan fingerprint density at radius 1 is 1.32 bits per heavy atom. The highest BCUT2D eigenvalue weighted by Crippen LogP contribution is 2.52. The van der Waals surface area contributed by atoms with Gasteiger partial charge in [0.1, 0.15) is 17.5 Å². The molecule has 1 aromatic carbocycles. The molecule has 6 atom stereocenters. The molecule has 3 saturated carbocycles. The zero-order valence-electron chi connectivity index (χ0n) is 21.6. The Balaban J connectivity index is 1.60. The number of carbonyl (C=O) groups is 4. The monoisotopic (exact) mass is 528 g/mol. The van der Waals surface area contributed by atoms with E-state index in [2.05, 4.69) is 5.32 Å². The number of primary amides is 1. The normalized spacial score (nSPS) is 32.9. The van der Waals surface area contributed by atoms with E-state index in [0.29, 0.717) is 0 Å². The molecule has 11 heteroatoms. The first-order valence-corrected chi connectivity index (χ1v) is 13.0. The number of phenolic OH excluding ortho intramolecular Hbond substituents is 1. The Kier molecular flexibility index (Phi) is 6.32. The van der Waals surface area contributed by atoms with Crippen molar-refractivity contribution in [1.82, 2.24) is 10.2 Å². The molecule has 4 aliphatic carbocycles. The number of phenols is 1. The number of Topliss-reactive ketones (excluding diaryl/α,β-unsaturated/α-hetero) is 3. The lowest BCUT2D eigenvalue weighted by Crippen LogP contribution is -2.74. The first-order valence-electron chi connectivity index (χ1n) is 13.0. The molecule has 6 unspecified atom stereocenters. The van der Waals surface area contributed by atoms with E-state index in [-0.39, 0.29) is 48.2 Å². The van der Waals surface area contributed by atoms with Crippen molar-refractivity contribution in [2.45, 2.75) is 69.8 Å². The standard InChI is InChI=1S/C27H33FN4O6/c1-10(2)31-9-12-8-16(33)18-14(20(12)28)6-11-7-15-21(32(3)13-4-5-13)23(35)19(26(30)37)24(29)27(15,38)25(36)17(11)22(18)34/h8,10-11,13,15,17,19,21,29,31,33,38H,4-7,9H2,1-3H3,(H2,30,37). The number of rotatable bonds is 6. The molecule has 0 aliphatic heterocycles. The molecule has 204 valence electrons. The fourth-order valence-electron chi connectivity index (χ4n) is 6.78. The summed E-state index contributed by atoms with van der Waals surface area (Å²) in [5.41, 5.74) is 1.97. The van der Waals surface area contributed by atoms with Crippen LogP contribution in [0.4, 0.5) is 4.39 Å². The Hall–Kier alpha value is -3.02. The van der Waals surface area contributed by atoms with Crippen molar-refractivity contribution in [3.63, 3.8) is 0 Å². The highest BCUT2D eigenvalue weighted by Gasteiger charge is 2.68. The molecule has 0 bridgehead atoms. The maximum atomic E-state index is 15.6. The van der Waals surface area contributed by atoms with Crippen LogP contribution in [-0.4, -0.2) is 74.9 Å². The van der Waals surface area contributed by atoms with Crippen molar-refractivity contribution >= 4 is 29.0 Å². The number of fused-ring (bicyclic) bond motifs is 3. The quantitative estimate of drug-likeness (QED) is 0.332. The summed E-state index contributed by atoms with van der Waals surface area (Å²) in [6.07, 6.45) is 1.52. The van der Waals surface area contributed by atoms with Crippen LogP contribution >= 0.6 is 0 Å². The van der Waals surface area contributed by atoms with Crippen LogP contribution in [0.2, 0.25) is 0 Å². The second-order valence-electron chi connectivity index (χ2n) is 11.5. The van der Waals surface area contributed by atoms with Crippen LogP contribution in [-0.2, 0) is 27.3 Å². The number of halogens is 1. The number of benzene rings is 1. The highest BCUT2D eigenvalue weighted by atomic mass is 19.1. The van der Waals surface area contributed by atoms with Gasteiger partial charge in [0.2, 0.25) is 5.91 Å². The Morgan fingerprint density at radius 3 is 2.55 bits per heavy atom. The summed E-state index contributed by atoms with van der Waals surface area (Å²) in [6.45, 7) is 3.91. The molecule has 0 saturated heterocycles. The number of likely N-dealkylation sites (N-methyl/N-ethyl adjacent to an activating group) is 1. The number of aromatic hydroxyl groups is 1. The predicted molar refractivity (Wildman–Crippen MR) is 133 cm³/mol. The molecule has 1 amide bonds. The lowest BCUT2D eigenvalue weighted by atomic mass is 9.52. The molecule has 4 aliphatic rings. The molecule has 0 heterocycles. The number of nitrogens with two attached hydrogens (primary N) is 1. The third-order valence-electron chi connectivity index (χ3n) is 8.84. The summed E-state index contributed by atoms with van der Waals surface area (Å²) in [7, 11) is 1.68. The van der Waals surface area contributed by atoms with Crippen molar-refractivity contribution in [2.75, 3.05) is 7.05 Å². The fourth-order valence-corrected chi connectivity index (χ4v) is 6.78. The molecule has 38 heavy (non-hydrogen) atoms. The lowest BCUT2D eigenvalue weighted by Gasteiger charge is -2.54. The van der Waals surface area contributed by atoms with E-state index < -0.39 is 75.8 Å². The molecule has 5 rings (SSSR count). The predicted octanol–water partition coefficient (Wildman–Crippen LogP) is 0.487. The van der Waals surface area contributed by atoms with Crippen molar-refractivity contribution in [3.8, 4) is 5.75 Å². The van der Waals surface area contributed by atoms with E-state index in [1.54, 1.807) is 11.9 Å². The molecule has 10 nitrogen and oxygen atoms in total. The number of aliphatic hydroxyl groups is 1. The first kappa shape index (κ1) is 26.6. The van der Waals surface area contributed by atoms with Crippen LogP contribution < -0.4 is 11.1 Å². The molecule has 6 N–H and O–H groups in total. The van der Waals surface area contributed by atoms with Gasteiger partial charge >= 0.3 is 0 Å². The van der Waals surface area contributed by atoms with E-state index in [4.69, 9.17) is 11.1 Å². The molecule has 0 radical (unpaired) electrons. The van der Waals surface area contributed by atoms with Gasteiger partial charge in [0, 0.05) is 35.7 Å². The lowest BCUT2D eigenvalue weighted by molar-refractivity contribution is -0.158. The minimum atomic E-state index is -2.56. The highest BCUT2D eigenvalue weighted by molar-refractivity contribution is 6.33. The second kappa shape index (κ2) is 9.03. The van der Waals surface area contributed by atoms with Crippen molar-refractivity contribution < 1.29 is 33.8 Å². The van der Waals surface area contributed by atoms with E-state index in [9.17, 15) is 29.4 Å². The van der Waals surface area contributed by atoms with Crippen molar-refractivity contribution in [2.24, 2.45) is 29.4 Å². The van der Waals surface area contributed by atoms with Gasteiger partial charge < -0.3 is 26.7 Å². The fraction of sp³-hybridized carbons (Fsp3) is 0.593. The number of nitrogens with one attached hydrogen (secondary N) is 2. The van der Waals surface area contributed by atoms with Gasteiger partial charge in [0.15, 0.2) is 23.0 Å². The SMILES string of the molecule is CC(C)NCc1cc(O)c2c(c1F)CC1CC3C(N(C)C4CC4)C(=O)C(C(N)=O)C(=N)C3(O)C(=O)C1C2=O.